The summed E-state index contributed by atoms with van der Waals surface area (Å²) in [5.41, 5.74) is 1.16. The minimum absolute atomic E-state index is 0.0332. The molecule has 0 unspecified atom stereocenters. The van der Waals surface area contributed by atoms with E-state index in [1.54, 1.807) is 32.9 Å². The van der Waals surface area contributed by atoms with Gasteiger partial charge in [0.05, 0.1) is 11.4 Å². The normalized spacial score (nSPS) is 11.6. The summed E-state index contributed by atoms with van der Waals surface area (Å²) in [5.74, 6) is -0.363. The summed E-state index contributed by atoms with van der Waals surface area (Å²) in [7, 11) is 0. The van der Waals surface area contributed by atoms with E-state index in [1.807, 2.05) is 32.9 Å². The highest BCUT2D eigenvalue weighted by molar-refractivity contribution is 6.08. The molecular weight excluding hydrogens is 356 g/mol. The van der Waals surface area contributed by atoms with Crippen LogP contribution >= 0.6 is 0 Å². The highest BCUT2D eigenvalue weighted by atomic mass is 16.6. The largest absolute Gasteiger partial charge is 0.508 e. The molecule has 0 aliphatic heterocycles. The number of nitrogens with one attached hydrogen (secondary N) is 2. The zero-order valence-electron chi connectivity index (χ0n) is 17.2. The maximum atomic E-state index is 12.9. The molecule has 2 aromatic carbocycles. The highest BCUT2D eigenvalue weighted by Gasteiger charge is 2.22. The maximum absolute atomic E-state index is 12.9. The Morgan fingerprint density at radius 1 is 0.893 bits per heavy atom. The molecule has 0 bridgehead atoms. The molecule has 0 radical (unpaired) electrons. The van der Waals surface area contributed by atoms with Crippen molar-refractivity contribution in [1.29, 1.82) is 0 Å². The molecule has 6 nitrogen and oxygen atoms in total. The molecule has 2 rings (SSSR count). The monoisotopic (exact) mass is 384 g/mol. The van der Waals surface area contributed by atoms with E-state index in [1.165, 1.54) is 18.2 Å². The molecule has 0 saturated heterocycles. The Morgan fingerprint density at radius 3 is 2.14 bits per heavy atom. The summed E-state index contributed by atoms with van der Waals surface area (Å²) >= 11 is 0. The van der Waals surface area contributed by atoms with E-state index in [-0.39, 0.29) is 22.8 Å². The van der Waals surface area contributed by atoms with Crippen LogP contribution in [-0.2, 0) is 10.2 Å². The number of amides is 2. The first-order valence-electron chi connectivity index (χ1n) is 9.11. The van der Waals surface area contributed by atoms with Gasteiger partial charge in [0.2, 0.25) is 0 Å². The van der Waals surface area contributed by atoms with Gasteiger partial charge in [0, 0.05) is 11.6 Å². The third-order valence-corrected chi connectivity index (χ3v) is 3.87. The number of benzene rings is 2. The van der Waals surface area contributed by atoms with Crippen LogP contribution in [0.15, 0.2) is 42.5 Å². The van der Waals surface area contributed by atoms with Crippen molar-refractivity contribution in [3.8, 4) is 5.75 Å². The van der Waals surface area contributed by atoms with Gasteiger partial charge in [0.1, 0.15) is 11.4 Å². The summed E-state index contributed by atoms with van der Waals surface area (Å²) in [5, 5.41) is 15.2. The molecule has 2 aromatic rings. The Balaban J connectivity index is 2.31. The van der Waals surface area contributed by atoms with E-state index in [0.29, 0.717) is 11.3 Å². The molecule has 0 aliphatic carbocycles. The van der Waals surface area contributed by atoms with Gasteiger partial charge in [-0.2, -0.15) is 0 Å². The quantitative estimate of drug-likeness (QED) is 0.628. The van der Waals surface area contributed by atoms with Gasteiger partial charge in [-0.1, -0.05) is 39.0 Å². The number of hydrogen-bond donors (Lipinski definition) is 3. The fourth-order valence-corrected chi connectivity index (χ4v) is 2.68. The lowest BCUT2D eigenvalue weighted by molar-refractivity contribution is 0.0635. The Morgan fingerprint density at radius 2 is 1.54 bits per heavy atom. The van der Waals surface area contributed by atoms with E-state index < -0.39 is 11.7 Å². The van der Waals surface area contributed by atoms with Crippen molar-refractivity contribution in [3.63, 3.8) is 0 Å². The van der Waals surface area contributed by atoms with Crippen molar-refractivity contribution in [2.75, 3.05) is 10.6 Å². The fraction of sp³-hybridized carbons (Fsp3) is 0.364. The smallest absolute Gasteiger partial charge is 0.412 e. The van der Waals surface area contributed by atoms with Crippen molar-refractivity contribution < 1.29 is 19.4 Å². The van der Waals surface area contributed by atoms with Crippen molar-refractivity contribution in [3.05, 3.63) is 53.6 Å². The van der Waals surface area contributed by atoms with E-state index in [2.05, 4.69) is 10.6 Å². The Labute approximate surface area is 165 Å². The van der Waals surface area contributed by atoms with Crippen molar-refractivity contribution in [1.82, 2.24) is 0 Å². The van der Waals surface area contributed by atoms with Gasteiger partial charge in [0.15, 0.2) is 0 Å². The summed E-state index contributed by atoms with van der Waals surface area (Å²) < 4.78 is 5.26. The molecule has 0 aliphatic rings. The molecule has 0 spiro atoms. The van der Waals surface area contributed by atoms with Crippen LogP contribution in [0.3, 0.4) is 0 Å². The van der Waals surface area contributed by atoms with Crippen LogP contribution in [-0.4, -0.2) is 22.7 Å². The average Bonchev–Trinajstić information content (AvgIpc) is 2.55. The third kappa shape index (κ3) is 5.74. The SMILES string of the molecule is CC(C)(C)OC(=O)Nc1ccc(O)cc1NC(=O)c1ccccc1C(C)(C)C. The number of anilines is 2. The number of phenolic OH excluding ortho intramolecular Hbond substituents is 1. The minimum atomic E-state index is -0.657. The number of aromatic hydroxyl groups is 1. The van der Waals surface area contributed by atoms with Crippen LogP contribution in [0.5, 0.6) is 5.75 Å². The van der Waals surface area contributed by atoms with Crippen molar-refractivity contribution >= 4 is 23.4 Å². The lowest BCUT2D eigenvalue weighted by atomic mass is 9.83. The first-order valence-corrected chi connectivity index (χ1v) is 9.11. The summed E-state index contributed by atoms with van der Waals surface area (Å²) in [6, 6.07) is 11.7. The predicted molar refractivity (Wildman–Crippen MR) is 111 cm³/mol. The molecule has 0 fully saturated rings. The summed E-state index contributed by atoms with van der Waals surface area (Å²) in [6.45, 7) is 11.4. The lowest BCUT2D eigenvalue weighted by Crippen LogP contribution is -2.27. The number of rotatable bonds is 3. The molecule has 3 N–H and O–H groups in total. The topological polar surface area (TPSA) is 87.7 Å². The first-order chi connectivity index (χ1) is 12.9. The first kappa shape index (κ1) is 21.3. The van der Waals surface area contributed by atoms with Gasteiger partial charge in [-0.25, -0.2) is 4.79 Å². The molecule has 0 aromatic heterocycles. The molecule has 150 valence electrons. The van der Waals surface area contributed by atoms with Gasteiger partial charge < -0.3 is 15.2 Å². The molecule has 0 saturated carbocycles. The predicted octanol–water partition coefficient (Wildman–Crippen LogP) is 5.29. The van der Waals surface area contributed by atoms with Gasteiger partial charge in [-0.15, -0.1) is 0 Å². The van der Waals surface area contributed by atoms with E-state index in [4.69, 9.17) is 4.74 Å². The van der Waals surface area contributed by atoms with E-state index in [0.717, 1.165) is 5.56 Å². The van der Waals surface area contributed by atoms with Gasteiger partial charge >= 0.3 is 6.09 Å². The average molecular weight is 384 g/mol. The van der Waals surface area contributed by atoms with Crippen LogP contribution in [0, 0.1) is 0 Å². The zero-order valence-corrected chi connectivity index (χ0v) is 17.2. The highest BCUT2D eigenvalue weighted by Crippen LogP contribution is 2.30. The second-order valence-electron chi connectivity index (χ2n) is 8.61. The molecule has 6 heteroatoms. The Kier molecular flexibility index (Phi) is 6.02. The van der Waals surface area contributed by atoms with Gasteiger partial charge in [-0.05, 0) is 49.9 Å². The van der Waals surface area contributed by atoms with E-state index >= 15 is 0 Å². The van der Waals surface area contributed by atoms with Crippen molar-refractivity contribution in [2.45, 2.75) is 52.6 Å². The Bertz CT molecular complexity index is 877. The van der Waals surface area contributed by atoms with Crippen molar-refractivity contribution in [2.24, 2.45) is 0 Å². The molecular formula is C22H28N2O4. The van der Waals surface area contributed by atoms with Gasteiger partial charge in [-0.3, -0.25) is 10.1 Å². The molecule has 0 heterocycles. The Hall–Kier alpha value is -3.02. The summed E-state index contributed by atoms with van der Waals surface area (Å²) in [6.07, 6.45) is -0.649. The lowest BCUT2D eigenvalue weighted by Gasteiger charge is -2.23. The summed E-state index contributed by atoms with van der Waals surface area (Å²) in [4.78, 5) is 25.0. The van der Waals surface area contributed by atoms with E-state index in [9.17, 15) is 14.7 Å². The van der Waals surface area contributed by atoms with Crippen LogP contribution in [0.1, 0.15) is 57.5 Å². The number of carbonyl (C=O) groups excluding carboxylic acids is 2. The fourth-order valence-electron chi connectivity index (χ4n) is 2.68. The maximum Gasteiger partial charge on any atom is 0.412 e. The molecule has 0 atom stereocenters. The van der Waals surface area contributed by atoms with Crippen LogP contribution in [0.25, 0.3) is 0 Å². The zero-order chi connectivity index (χ0) is 21.1. The van der Waals surface area contributed by atoms with Crippen LogP contribution < -0.4 is 10.6 Å². The number of ether oxygens (including phenoxy) is 1. The van der Waals surface area contributed by atoms with Crippen LogP contribution in [0.4, 0.5) is 16.2 Å². The molecule has 2 amide bonds. The standard InChI is InChI=1S/C22H28N2O4/c1-21(2,3)16-10-8-7-9-15(16)19(26)23-18-13-14(25)11-12-17(18)24-20(27)28-22(4,5)6/h7-13,25H,1-6H3,(H,23,26)(H,24,27). The third-order valence-electron chi connectivity index (χ3n) is 3.87. The molecule has 28 heavy (non-hydrogen) atoms. The number of phenols is 1. The number of carbonyl (C=O) groups is 2. The second kappa shape index (κ2) is 7.92. The second-order valence-corrected chi connectivity index (χ2v) is 8.61. The number of hydrogen-bond acceptors (Lipinski definition) is 4. The van der Waals surface area contributed by atoms with Gasteiger partial charge in [0.25, 0.3) is 5.91 Å². The van der Waals surface area contributed by atoms with Crippen LogP contribution in [0.2, 0.25) is 0 Å². The minimum Gasteiger partial charge on any atom is -0.508 e.